The molecule has 0 aromatic heterocycles. The van der Waals surface area contributed by atoms with Crippen LogP contribution in [0, 0.1) is 5.92 Å². The summed E-state index contributed by atoms with van der Waals surface area (Å²) in [5.74, 6) is 1.18. The van der Waals surface area contributed by atoms with E-state index in [1.807, 2.05) is 36.4 Å². The zero-order chi connectivity index (χ0) is 30.8. The molecular weight excluding hydrogens is 564 g/mol. The first-order valence-corrected chi connectivity index (χ1v) is 17.0. The normalized spacial score (nSPS) is 21.9. The molecule has 0 saturated carbocycles. The first-order valence-electron chi connectivity index (χ1n) is 17.0. The number of rotatable bonds is 15. The van der Waals surface area contributed by atoms with Gasteiger partial charge in [-0.1, -0.05) is 86.3 Å². The van der Waals surface area contributed by atoms with Crippen LogP contribution >= 0.6 is 0 Å². The fraction of sp³-hybridized carbons (Fsp3) is 0.500. The zero-order valence-electron chi connectivity index (χ0n) is 26.4. The van der Waals surface area contributed by atoms with E-state index in [2.05, 4.69) is 47.4 Å². The number of ether oxygens (including phenoxy) is 3. The maximum absolute atomic E-state index is 13.2. The SMILES string of the molecule is O=C(O)N(C1CN2CCC1CC2)[C@H](c1ccccc1)c1cc(OCCCCCCCCC2OCCO2)cc(-c2ccccc2)c1. The Morgan fingerprint density at radius 1 is 0.822 bits per heavy atom. The molecular formula is C38H48N2O5. The molecule has 1 amide bonds. The zero-order valence-corrected chi connectivity index (χ0v) is 26.4. The highest BCUT2D eigenvalue weighted by Crippen LogP contribution is 2.40. The number of hydrogen-bond acceptors (Lipinski definition) is 5. The number of fused-ring (bicyclic) bond motifs is 3. The van der Waals surface area contributed by atoms with Gasteiger partial charge in [0.25, 0.3) is 0 Å². The van der Waals surface area contributed by atoms with Crippen LogP contribution in [-0.4, -0.2) is 72.8 Å². The van der Waals surface area contributed by atoms with Crippen LogP contribution in [0.5, 0.6) is 5.75 Å². The molecule has 7 nitrogen and oxygen atoms in total. The third kappa shape index (κ3) is 8.26. The minimum Gasteiger partial charge on any atom is -0.494 e. The highest BCUT2D eigenvalue weighted by molar-refractivity contribution is 5.70. The van der Waals surface area contributed by atoms with Crippen LogP contribution in [0.4, 0.5) is 4.79 Å². The van der Waals surface area contributed by atoms with Gasteiger partial charge in [-0.05, 0) is 91.6 Å². The van der Waals surface area contributed by atoms with E-state index in [0.29, 0.717) is 12.5 Å². The van der Waals surface area contributed by atoms with Crippen LogP contribution in [-0.2, 0) is 9.47 Å². The molecule has 7 rings (SSSR count). The van der Waals surface area contributed by atoms with Gasteiger partial charge in [-0.2, -0.15) is 0 Å². The molecule has 45 heavy (non-hydrogen) atoms. The van der Waals surface area contributed by atoms with Crippen LogP contribution in [0.2, 0.25) is 0 Å². The molecule has 0 radical (unpaired) electrons. The number of hydrogen-bond donors (Lipinski definition) is 1. The number of unbranched alkanes of at least 4 members (excludes halogenated alkanes) is 5. The Bertz CT molecular complexity index is 1340. The van der Waals surface area contributed by atoms with Crippen molar-refractivity contribution < 1.29 is 24.1 Å². The molecule has 4 saturated heterocycles. The summed E-state index contributed by atoms with van der Waals surface area (Å²) in [5.41, 5.74) is 4.07. The lowest BCUT2D eigenvalue weighted by molar-refractivity contribution is -0.0480. The lowest BCUT2D eigenvalue weighted by Gasteiger charge is -2.50. The molecule has 4 fully saturated rings. The number of piperidine rings is 3. The van der Waals surface area contributed by atoms with Crippen LogP contribution in [0.15, 0.2) is 78.9 Å². The summed E-state index contributed by atoms with van der Waals surface area (Å²) in [6, 6.07) is 26.3. The summed E-state index contributed by atoms with van der Waals surface area (Å²) in [5, 5.41) is 10.8. The van der Waals surface area contributed by atoms with Crippen molar-refractivity contribution in [3.63, 3.8) is 0 Å². The van der Waals surface area contributed by atoms with E-state index in [1.165, 1.54) is 19.3 Å². The van der Waals surface area contributed by atoms with Gasteiger partial charge < -0.3 is 24.2 Å². The van der Waals surface area contributed by atoms with Crippen molar-refractivity contribution in [3.8, 4) is 16.9 Å². The Balaban J connectivity index is 1.19. The minimum atomic E-state index is -0.863. The van der Waals surface area contributed by atoms with Gasteiger partial charge >= 0.3 is 6.09 Å². The molecule has 3 aromatic carbocycles. The number of amides is 1. The third-order valence-electron chi connectivity index (χ3n) is 9.74. The highest BCUT2D eigenvalue weighted by Gasteiger charge is 2.43. The predicted molar refractivity (Wildman–Crippen MR) is 176 cm³/mol. The van der Waals surface area contributed by atoms with E-state index in [1.54, 1.807) is 4.90 Å². The Hall–Kier alpha value is -3.39. The lowest BCUT2D eigenvalue weighted by atomic mass is 9.81. The quantitative estimate of drug-likeness (QED) is 0.175. The summed E-state index contributed by atoms with van der Waals surface area (Å²) in [7, 11) is 0. The van der Waals surface area contributed by atoms with Gasteiger partial charge in [0.15, 0.2) is 6.29 Å². The fourth-order valence-electron chi connectivity index (χ4n) is 7.39. The first kappa shape index (κ1) is 31.6. The van der Waals surface area contributed by atoms with Gasteiger partial charge in [-0.15, -0.1) is 0 Å². The first-order chi connectivity index (χ1) is 22.2. The second-order valence-corrected chi connectivity index (χ2v) is 12.8. The van der Waals surface area contributed by atoms with Crippen molar-refractivity contribution in [2.24, 2.45) is 5.92 Å². The fourth-order valence-corrected chi connectivity index (χ4v) is 7.39. The molecule has 2 bridgehead atoms. The van der Waals surface area contributed by atoms with Gasteiger partial charge in [-0.25, -0.2) is 4.79 Å². The lowest BCUT2D eigenvalue weighted by Crippen LogP contribution is -2.59. The molecule has 4 aliphatic rings. The van der Waals surface area contributed by atoms with Crippen LogP contribution in [0.25, 0.3) is 11.1 Å². The van der Waals surface area contributed by atoms with E-state index >= 15 is 0 Å². The van der Waals surface area contributed by atoms with Crippen molar-refractivity contribution in [1.29, 1.82) is 0 Å². The van der Waals surface area contributed by atoms with E-state index in [9.17, 15) is 9.90 Å². The maximum atomic E-state index is 13.2. The van der Waals surface area contributed by atoms with Crippen molar-refractivity contribution in [2.75, 3.05) is 39.5 Å². The molecule has 1 N–H and O–H groups in total. The minimum absolute atomic E-state index is 0.00887. The molecule has 4 heterocycles. The predicted octanol–water partition coefficient (Wildman–Crippen LogP) is 8.00. The monoisotopic (exact) mass is 612 g/mol. The highest BCUT2D eigenvalue weighted by atomic mass is 16.7. The van der Waals surface area contributed by atoms with Gasteiger partial charge in [0.1, 0.15) is 5.75 Å². The molecule has 0 aliphatic carbocycles. The van der Waals surface area contributed by atoms with Gasteiger partial charge in [0.2, 0.25) is 0 Å². The molecule has 4 aliphatic heterocycles. The smallest absolute Gasteiger partial charge is 0.408 e. The molecule has 2 atom stereocenters. The van der Waals surface area contributed by atoms with Crippen LogP contribution in [0.3, 0.4) is 0 Å². The average Bonchev–Trinajstić information content (AvgIpc) is 3.61. The molecule has 7 heteroatoms. The van der Waals surface area contributed by atoms with Crippen molar-refractivity contribution in [2.45, 2.75) is 76.2 Å². The largest absolute Gasteiger partial charge is 0.494 e. The summed E-state index contributed by atoms with van der Waals surface area (Å²) in [6.45, 7) is 5.02. The van der Waals surface area contributed by atoms with Crippen LogP contribution < -0.4 is 4.74 Å². The van der Waals surface area contributed by atoms with Crippen LogP contribution in [0.1, 0.15) is 75.0 Å². The van der Waals surface area contributed by atoms with E-state index in [4.69, 9.17) is 14.2 Å². The summed E-state index contributed by atoms with van der Waals surface area (Å²) < 4.78 is 17.5. The standard InChI is InChI=1S/C38H48N2O5/c41-38(42)40(35-28-39-20-18-30(35)19-21-39)37(31-15-9-6-10-16-31)33-25-32(29-13-7-5-8-14-29)26-34(27-33)43-22-12-4-2-1-3-11-17-36-44-23-24-45-36/h5-10,13-16,25-27,30,35-37H,1-4,11-12,17-24,28H2,(H,41,42)/t35?,37-/m1/s1. The Morgan fingerprint density at radius 2 is 1.49 bits per heavy atom. The molecule has 240 valence electrons. The van der Waals surface area contributed by atoms with Gasteiger partial charge in [-0.3, -0.25) is 4.90 Å². The Morgan fingerprint density at radius 3 is 2.16 bits per heavy atom. The van der Waals surface area contributed by atoms with E-state index in [0.717, 1.165) is 99.4 Å². The van der Waals surface area contributed by atoms with E-state index < -0.39 is 12.1 Å². The third-order valence-corrected chi connectivity index (χ3v) is 9.74. The van der Waals surface area contributed by atoms with Crippen molar-refractivity contribution in [3.05, 3.63) is 90.0 Å². The van der Waals surface area contributed by atoms with Crippen molar-refractivity contribution in [1.82, 2.24) is 9.80 Å². The number of benzene rings is 3. The van der Waals surface area contributed by atoms with Gasteiger partial charge in [0, 0.05) is 6.54 Å². The van der Waals surface area contributed by atoms with E-state index in [-0.39, 0.29) is 12.3 Å². The number of carboxylic acid groups (broad SMARTS) is 1. The summed E-state index contributed by atoms with van der Waals surface area (Å²) in [6.07, 6.45) is 9.11. The number of nitrogens with zero attached hydrogens (tertiary/aromatic N) is 2. The van der Waals surface area contributed by atoms with Crippen molar-refractivity contribution >= 4 is 6.09 Å². The topological polar surface area (TPSA) is 71.5 Å². The summed E-state index contributed by atoms with van der Waals surface area (Å²) in [4.78, 5) is 17.4. The average molecular weight is 613 g/mol. The Labute approximate surface area is 268 Å². The summed E-state index contributed by atoms with van der Waals surface area (Å²) >= 11 is 0. The second kappa shape index (κ2) is 15.7. The maximum Gasteiger partial charge on any atom is 0.408 e. The molecule has 3 aromatic rings. The Kier molecular flexibility index (Phi) is 11.1. The molecule has 1 unspecified atom stereocenters. The van der Waals surface area contributed by atoms with Gasteiger partial charge in [0.05, 0.1) is 31.9 Å². The number of carbonyl (C=O) groups is 1. The second-order valence-electron chi connectivity index (χ2n) is 12.8. The molecule has 0 spiro atoms.